The molecule has 1 heterocycles. The van der Waals surface area contributed by atoms with Gasteiger partial charge in [-0.1, -0.05) is 24.3 Å². The summed E-state index contributed by atoms with van der Waals surface area (Å²) in [5.41, 5.74) is 7.04. The zero-order valence-corrected chi connectivity index (χ0v) is 16.9. The first-order chi connectivity index (χ1) is 13.9. The summed E-state index contributed by atoms with van der Waals surface area (Å²) in [6, 6.07) is 16.5. The van der Waals surface area contributed by atoms with Crippen molar-refractivity contribution < 1.29 is 18.7 Å². The number of nitrogens with one attached hydrogen (secondary N) is 2. The number of ether oxygens (including phenoxy) is 1. The maximum atomic E-state index is 13.0. The van der Waals surface area contributed by atoms with Crippen LogP contribution in [-0.2, 0) is 11.3 Å². The molecule has 0 radical (unpaired) electrons. The molecule has 2 amide bonds. The van der Waals surface area contributed by atoms with Crippen molar-refractivity contribution in [1.29, 1.82) is 0 Å². The van der Waals surface area contributed by atoms with Crippen molar-refractivity contribution in [1.82, 2.24) is 10.9 Å². The lowest BCUT2D eigenvalue weighted by Gasteiger charge is -2.09. The van der Waals surface area contributed by atoms with E-state index in [-0.39, 0.29) is 11.9 Å². The van der Waals surface area contributed by atoms with Crippen LogP contribution in [0.25, 0.3) is 10.4 Å². The fraction of sp³-hybridized carbons (Fsp3) is 0.182. The third-order valence-electron chi connectivity index (χ3n) is 4.05. The Bertz CT molecular complexity index is 982. The van der Waals surface area contributed by atoms with Crippen LogP contribution in [0, 0.1) is 5.82 Å². The van der Waals surface area contributed by atoms with Crippen LogP contribution in [0.4, 0.5) is 4.39 Å². The summed E-state index contributed by atoms with van der Waals surface area (Å²) in [6.07, 6.45) is 0.133. The number of thiophene rings is 1. The summed E-state index contributed by atoms with van der Waals surface area (Å²) in [5, 5.41) is 0. The van der Waals surface area contributed by atoms with E-state index in [1.807, 2.05) is 26.0 Å². The van der Waals surface area contributed by atoms with Gasteiger partial charge in [0.1, 0.15) is 5.82 Å². The Hall–Kier alpha value is -3.03. The highest BCUT2D eigenvalue weighted by molar-refractivity contribution is 7.17. The lowest BCUT2D eigenvalue weighted by molar-refractivity contribution is 0.0656. The Balaban J connectivity index is 1.55. The van der Waals surface area contributed by atoms with E-state index in [0.29, 0.717) is 17.0 Å². The SMILES string of the molecule is CC(C)OCc1ccc(C(=O)NNC(=O)c2ccc(-c3ccc(F)cc3)s2)cc1. The quantitative estimate of drug-likeness (QED) is 0.584. The molecule has 150 valence electrons. The van der Waals surface area contributed by atoms with E-state index in [9.17, 15) is 14.0 Å². The van der Waals surface area contributed by atoms with Crippen molar-refractivity contribution in [2.75, 3.05) is 0 Å². The number of halogens is 1. The first-order valence-corrected chi connectivity index (χ1v) is 9.91. The molecular weight excluding hydrogens is 391 g/mol. The molecule has 29 heavy (non-hydrogen) atoms. The van der Waals surface area contributed by atoms with Crippen LogP contribution < -0.4 is 10.9 Å². The Morgan fingerprint density at radius 2 is 1.59 bits per heavy atom. The smallest absolute Gasteiger partial charge is 0.279 e. The maximum Gasteiger partial charge on any atom is 0.279 e. The highest BCUT2D eigenvalue weighted by Crippen LogP contribution is 2.28. The van der Waals surface area contributed by atoms with Crippen molar-refractivity contribution in [3.63, 3.8) is 0 Å². The van der Waals surface area contributed by atoms with Crippen LogP contribution in [0.2, 0.25) is 0 Å². The average Bonchev–Trinajstić information content (AvgIpc) is 3.21. The lowest BCUT2D eigenvalue weighted by atomic mass is 10.1. The molecule has 0 spiro atoms. The van der Waals surface area contributed by atoms with Crippen molar-refractivity contribution in [2.24, 2.45) is 0 Å². The number of amides is 2. The number of rotatable bonds is 6. The van der Waals surface area contributed by atoms with Crippen molar-refractivity contribution in [2.45, 2.75) is 26.6 Å². The van der Waals surface area contributed by atoms with Gasteiger partial charge in [-0.3, -0.25) is 20.4 Å². The van der Waals surface area contributed by atoms with Crippen molar-refractivity contribution in [3.05, 3.63) is 82.5 Å². The molecule has 0 unspecified atom stereocenters. The van der Waals surface area contributed by atoms with Crippen LogP contribution in [0.1, 0.15) is 39.4 Å². The molecule has 0 aliphatic carbocycles. The fourth-order valence-corrected chi connectivity index (χ4v) is 3.40. The molecule has 0 fully saturated rings. The van der Waals surface area contributed by atoms with Gasteiger partial charge in [-0.05, 0) is 61.4 Å². The van der Waals surface area contributed by atoms with Crippen molar-refractivity contribution >= 4 is 23.2 Å². The van der Waals surface area contributed by atoms with Crippen molar-refractivity contribution in [3.8, 4) is 10.4 Å². The minimum atomic E-state index is -0.418. The molecule has 0 atom stereocenters. The molecule has 0 saturated carbocycles. The largest absolute Gasteiger partial charge is 0.374 e. The highest BCUT2D eigenvalue weighted by atomic mass is 32.1. The monoisotopic (exact) mass is 412 g/mol. The van der Waals surface area contributed by atoms with E-state index < -0.39 is 11.8 Å². The molecule has 0 aliphatic rings. The second-order valence-electron chi connectivity index (χ2n) is 6.64. The molecular formula is C22H21FN2O3S. The second kappa shape index (κ2) is 9.45. The number of hydrazine groups is 1. The minimum absolute atomic E-state index is 0.133. The number of carbonyl (C=O) groups is 2. The van der Waals surface area contributed by atoms with E-state index in [1.165, 1.54) is 23.5 Å². The molecule has 3 rings (SSSR count). The summed E-state index contributed by atoms with van der Waals surface area (Å²) in [6.45, 7) is 4.40. The molecule has 0 aliphatic heterocycles. The van der Waals surface area contributed by atoms with Gasteiger partial charge in [-0.15, -0.1) is 11.3 Å². The van der Waals surface area contributed by atoms with E-state index >= 15 is 0 Å². The van der Waals surface area contributed by atoms with Crippen LogP contribution in [0.15, 0.2) is 60.7 Å². The molecule has 1 aromatic heterocycles. The molecule has 0 saturated heterocycles. The Labute approximate surface area is 172 Å². The topological polar surface area (TPSA) is 67.4 Å². The summed E-state index contributed by atoms with van der Waals surface area (Å²) in [7, 11) is 0. The summed E-state index contributed by atoms with van der Waals surface area (Å²) in [5.74, 6) is -1.14. The molecule has 0 bridgehead atoms. The van der Waals surface area contributed by atoms with E-state index in [4.69, 9.17) is 4.74 Å². The van der Waals surface area contributed by atoms with E-state index in [2.05, 4.69) is 10.9 Å². The zero-order chi connectivity index (χ0) is 20.8. The highest BCUT2D eigenvalue weighted by Gasteiger charge is 2.12. The Kier molecular flexibility index (Phi) is 6.74. The van der Waals surface area contributed by atoms with Gasteiger partial charge in [-0.2, -0.15) is 0 Å². The van der Waals surface area contributed by atoms with Gasteiger partial charge in [0, 0.05) is 10.4 Å². The van der Waals surface area contributed by atoms with Gasteiger partial charge >= 0.3 is 0 Å². The Morgan fingerprint density at radius 3 is 2.24 bits per heavy atom. The fourth-order valence-electron chi connectivity index (χ4n) is 2.49. The van der Waals surface area contributed by atoms with E-state index in [1.54, 1.807) is 36.4 Å². The van der Waals surface area contributed by atoms with Gasteiger partial charge in [0.2, 0.25) is 0 Å². The van der Waals surface area contributed by atoms with Gasteiger partial charge in [0.25, 0.3) is 11.8 Å². The van der Waals surface area contributed by atoms with E-state index in [0.717, 1.165) is 16.0 Å². The van der Waals surface area contributed by atoms with Gasteiger partial charge < -0.3 is 4.74 Å². The molecule has 7 heteroatoms. The third kappa shape index (κ3) is 5.73. The summed E-state index contributed by atoms with van der Waals surface area (Å²) < 4.78 is 18.6. The average molecular weight is 412 g/mol. The third-order valence-corrected chi connectivity index (χ3v) is 5.18. The first-order valence-electron chi connectivity index (χ1n) is 9.09. The Morgan fingerprint density at radius 1 is 0.931 bits per heavy atom. The molecule has 3 aromatic rings. The lowest BCUT2D eigenvalue weighted by Crippen LogP contribution is -2.41. The number of benzene rings is 2. The van der Waals surface area contributed by atoms with Crippen LogP contribution >= 0.6 is 11.3 Å². The molecule has 5 nitrogen and oxygen atoms in total. The van der Waals surface area contributed by atoms with Gasteiger partial charge in [-0.25, -0.2) is 4.39 Å². The zero-order valence-electron chi connectivity index (χ0n) is 16.1. The van der Waals surface area contributed by atoms with Gasteiger partial charge in [0.05, 0.1) is 17.6 Å². The number of carbonyl (C=O) groups excluding carboxylic acids is 2. The standard InChI is InChI=1S/C22H21FN2O3S/c1-14(2)28-13-15-3-5-17(6-4-15)21(26)24-25-22(27)20-12-11-19(29-20)16-7-9-18(23)10-8-16/h3-12,14H,13H2,1-2H3,(H,24,26)(H,25,27). The second-order valence-corrected chi connectivity index (χ2v) is 7.72. The maximum absolute atomic E-state index is 13.0. The summed E-state index contributed by atoms with van der Waals surface area (Å²) in [4.78, 5) is 25.8. The number of hydrogen-bond acceptors (Lipinski definition) is 4. The van der Waals surface area contributed by atoms with Gasteiger partial charge in [0.15, 0.2) is 0 Å². The molecule has 2 aromatic carbocycles. The predicted molar refractivity (Wildman–Crippen MR) is 111 cm³/mol. The van der Waals surface area contributed by atoms with Crippen LogP contribution in [0.5, 0.6) is 0 Å². The normalized spacial score (nSPS) is 10.8. The predicted octanol–water partition coefficient (Wildman–Crippen LogP) is 4.55. The number of hydrogen-bond donors (Lipinski definition) is 2. The minimum Gasteiger partial charge on any atom is -0.374 e. The van der Waals surface area contributed by atoms with Crippen LogP contribution in [0.3, 0.4) is 0 Å². The summed E-state index contributed by atoms with van der Waals surface area (Å²) >= 11 is 1.26. The van der Waals surface area contributed by atoms with Crippen LogP contribution in [-0.4, -0.2) is 17.9 Å². The molecule has 2 N–H and O–H groups in total. The first kappa shape index (κ1) is 20.7.